The molecule has 216 valence electrons. The minimum Gasteiger partial charge on any atom is -0.457 e. The number of carbonyl (C=O) groups excluding carboxylic acids is 3. The van der Waals surface area contributed by atoms with E-state index in [1.165, 1.54) is 11.8 Å². The molecular formula is C30H35N5O5S. The summed E-state index contributed by atoms with van der Waals surface area (Å²) in [6.45, 7) is 2.40. The number of methoxy groups -OCH3 is 1. The van der Waals surface area contributed by atoms with Crippen molar-refractivity contribution in [3.8, 4) is 11.5 Å². The van der Waals surface area contributed by atoms with Gasteiger partial charge in [0.15, 0.2) is 0 Å². The summed E-state index contributed by atoms with van der Waals surface area (Å²) in [4.78, 5) is 43.5. The summed E-state index contributed by atoms with van der Waals surface area (Å²) in [5, 5.41) is 9.80. The molecule has 3 N–H and O–H groups in total. The molecule has 4 amide bonds. The summed E-state index contributed by atoms with van der Waals surface area (Å²) in [7, 11) is 1.59. The van der Waals surface area contributed by atoms with Gasteiger partial charge in [-0.1, -0.05) is 30.0 Å². The van der Waals surface area contributed by atoms with Crippen molar-refractivity contribution in [2.24, 2.45) is 5.92 Å². The summed E-state index contributed by atoms with van der Waals surface area (Å²) < 4.78 is 10.9. The Morgan fingerprint density at radius 1 is 1.02 bits per heavy atom. The van der Waals surface area contributed by atoms with Crippen molar-refractivity contribution < 1.29 is 23.9 Å². The van der Waals surface area contributed by atoms with E-state index in [4.69, 9.17) is 9.47 Å². The molecular weight excluding hydrogens is 542 g/mol. The van der Waals surface area contributed by atoms with Crippen LogP contribution in [-0.2, 0) is 14.3 Å². The van der Waals surface area contributed by atoms with Gasteiger partial charge >= 0.3 is 6.03 Å². The molecule has 10 nitrogen and oxygen atoms in total. The first kappa shape index (κ1) is 27.6. The number of amides is 4. The third kappa shape index (κ3) is 5.79. The molecule has 4 aliphatic heterocycles. The molecule has 0 aliphatic carbocycles. The number of carbonyl (C=O) groups is 3. The van der Waals surface area contributed by atoms with Crippen LogP contribution in [0.4, 0.5) is 10.5 Å². The number of likely N-dealkylation sites (tertiary alicyclic amines) is 1. The Hall–Kier alpha value is -3.54. The van der Waals surface area contributed by atoms with Gasteiger partial charge in [-0.15, -0.1) is 0 Å². The van der Waals surface area contributed by atoms with Crippen molar-refractivity contribution in [3.05, 3.63) is 65.2 Å². The fraction of sp³-hybridized carbons (Fsp3) is 0.433. The molecule has 3 unspecified atom stereocenters. The topological polar surface area (TPSA) is 112 Å². The highest BCUT2D eigenvalue weighted by atomic mass is 32.2. The van der Waals surface area contributed by atoms with Gasteiger partial charge < -0.3 is 30.3 Å². The molecule has 0 radical (unpaired) electrons. The summed E-state index contributed by atoms with van der Waals surface area (Å²) in [5.41, 5.74) is 1.51. The van der Waals surface area contributed by atoms with E-state index in [0.717, 1.165) is 24.4 Å². The lowest BCUT2D eigenvalue weighted by Crippen LogP contribution is -2.62. The molecule has 0 aromatic heterocycles. The van der Waals surface area contributed by atoms with Gasteiger partial charge in [0.2, 0.25) is 5.91 Å². The van der Waals surface area contributed by atoms with Crippen LogP contribution in [0.3, 0.4) is 0 Å². The van der Waals surface area contributed by atoms with Crippen LogP contribution in [0.2, 0.25) is 0 Å². The van der Waals surface area contributed by atoms with Crippen molar-refractivity contribution >= 4 is 35.3 Å². The molecule has 11 heteroatoms. The van der Waals surface area contributed by atoms with Crippen molar-refractivity contribution in [1.82, 2.24) is 20.9 Å². The number of para-hydroxylation sites is 1. The molecule has 3 saturated heterocycles. The third-order valence-electron chi connectivity index (χ3n) is 8.14. The fourth-order valence-corrected chi connectivity index (χ4v) is 7.49. The SMILES string of the molecule is COCCC(=O)N1CCC(NC(=O)C2=C3NC(=O)N(c4ccc(Oc5ccccc5)cc4)C4CCNC(S2)C34)CC1. The Kier molecular flexibility index (Phi) is 8.18. The van der Waals surface area contributed by atoms with E-state index < -0.39 is 0 Å². The van der Waals surface area contributed by atoms with Gasteiger partial charge in [0.05, 0.1) is 29.3 Å². The van der Waals surface area contributed by atoms with Gasteiger partial charge in [0.25, 0.3) is 5.91 Å². The van der Waals surface area contributed by atoms with Crippen molar-refractivity contribution in [2.45, 2.75) is 43.1 Å². The molecule has 4 aliphatic rings. The van der Waals surface area contributed by atoms with Crippen LogP contribution >= 0.6 is 11.8 Å². The van der Waals surface area contributed by atoms with Crippen LogP contribution < -0.4 is 25.6 Å². The highest BCUT2D eigenvalue weighted by molar-refractivity contribution is 8.04. The lowest BCUT2D eigenvalue weighted by molar-refractivity contribution is -0.133. The van der Waals surface area contributed by atoms with Gasteiger partial charge in [-0.2, -0.15) is 0 Å². The van der Waals surface area contributed by atoms with Gasteiger partial charge in [-0.3, -0.25) is 14.5 Å². The number of nitrogens with zero attached hydrogens (tertiary/aromatic N) is 2. The smallest absolute Gasteiger partial charge is 0.326 e. The zero-order chi connectivity index (χ0) is 28.3. The van der Waals surface area contributed by atoms with E-state index in [-0.39, 0.29) is 41.2 Å². The second-order valence-electron chi connectivity index (χ2n) is 10.7. The van der Waals surface area contributed by atoms with Crippen molar-refractivity contribution in [2.75, 3.05) is 38.3 Å². The van der Waals surface area contributed by atoms with Crippen LogP contribution in [0.15, 0.2) is 65.2 Å². The van der Waals surface area contributed by atoms with E-state index in [9.17, 15) is 14.4 Å². The predicted molar refractivity (Wildman–Crippen MR) is 157 cm³/mol. The molecule has 2 aromatic carbocycles. The minimum atomic E-state index is -0.227. The first-order valence-electron chi connectivity index (χ1n) is 14.2. The third-order valence-corrected chi connectivity index (χ3v) is 9.50. The van der Waals surface area contributed by atoms with E-state index in [0.29, 0.717) is 55.3 Å². The van der Waals surface area contributed by atoms with Crippen LogP contribution in [0.25, 0.3) is 0 Å². The van der Waals surface area contributed by atoms with E-state index in [1.807, 2.05) is 64.4 Å². The lowest BCUT2D eigenvalue weighted by atomic mass is 9.86. The van der Waals surface area contributed by atoms with Gasteiger partial charge in [0, 0.05) is 43.5 Å². The highest BCUT2D eigenvalue weighted by Crippen LogP contribution is 2.48. The second-order valence-corrected chi connectivity index (χ2v) is 11.8. The Balaban J connectivity index is 1.13. The number of urea groups is 1. The molecule has 3 atom stereocenters. The van der Waals surface area contributed by atoms with E-state index in [2.05, 4.69) is 16.0 Å². The Labute approximate surface area is 243 Å². The van der Waals surface area contributed by atoms with Crippen LogP contribution in [0, 0.1) is 5.92 Å². The maximum atomic E-state index is 13.5. The Morgan fingerprint density at radius 2 is 1.76 bits per heavy atom. The van der Waals surface area contributed by atoms with Crippen molar-refractivity contribution in [3.63, 3.8) is 0 Å². The standard InChI is InChI=1S/C30H35N5O5S/c1-39-18-14-24(36)34-16-12-19(13-17-34)32-28(37)27-26-25-23(11-15-31-29(25)41-27)35(30(38)33-26)20-7-9-22(10-8-20)40-21-5-3-2-4-6-21/h2-10,19,23,25,29,31H,11-18H2,1H3,(H,32,37)(H,33,38). The monoisotopic (exact) mass is 577 g/mol. The first-order valence-corrected chi connectivity index (χ1v) is 15.0. The average molecular weight is 578 g/mol. The molecule has 4 heterocycles. The van der Waals surface area contributed by atoms with Gasteiger partial charge in [-0.25, -0.2) is 4.79 Å². The van der Waals surface area contributed by atoms with E-state index >= 15 is 0 Å². The van der Waals surface area contributed by atoms with Crippen LogP contribution in [0.5, 0.6) is 11.5 Å². The molecule has 0 bridgehead atoms. The van der Waals surface area contributed by atoms with Gasteiger partial charge in [-0.05, 0) is 62.2 Å². The van der Waals surface area contributed by atoms with E-state index in [1.54, 1.807) is 7.11 Å². The number of anilines is 1. The Bertz CT molecular complexity index is 1310. The number of thioether (sulfide) groups is 1. The molecule has 3 fully saturated rings. The number of hydrogen-bond acceptors (Lipinski definition) is 7. The highest BCUT2D eigenvalue weighted by Gasteiger charge is 2.51. The Morgan fingerprint density at radius 3 is 2.49 bits per heavy atom. The van der Waals surface area contributed by atoms with Crippen LogP contribution in [-0.4, -0.2) is 73.6 Å². The zero-order valence-electron chi connectivity index (χ0n) is 23.0. The van der Waals surface area contributed by atoms with Crippen LogP contribution in [0.1, 0.15) is 25.7 Å². The quantitative estimate of drug-likeness (QED) is 0.441. The normalized spacial score (nSPS) is 24.1. The molecule has 6 rings (SSSR count). The molecule has 2 aromatic rings. The zero-order valence-corrected chi connectivity index (χ0v) is 23.8. The summed E-state index contributed by atoms with van der Waals surface area (Å²) in [6.07, 6.45) is 2.57. The number of hydrogen-bond donors (Lipinski definition) is 3. The largest absolute Gasteiger partial charge is 0.457 e. The molecule has 0 saturated carbocycles. The first-order chi connectivity index (χ1) is 20.0. The minimum absolute atomic E-state index is 0.00791. The number of rotatable bonds is 8. The van der Waals surface area contributed by atoms with Gasteiger partial charge in [0.1, 0.15) is 11.5 Å². The molecule has 41 heavy (non-hydrogen) atoms. The number of nitrogens with one attached hydrogen (secondary N) is 3. The summed E-state index contributed by atoms with van der Waals surface area (Å²) >= 11 is 1.50. The molecule has 0 spiro atoms. The maximum absolute atomic E-state index is 13.5. The fourth-order valence-electron chi connectivity index (χ4n) is 6.09. The maximum Gasteiger partial charge on any atom is 0.326 e. The summed E-state index contributed by atoms with van der Waals surface area (Å²) in [5.74, 6) is 1.36. The van der Waals surface area contributed by atoms with Crippen molar-refractivity contribution in [1.29, 1.82) is 0 Å². The number of piperidine rings is 2. The average Bonchev–Trinajstić information content (AvgIpc) is 3.37. The number of ether oxygens (including phenoxy) is 2. The summed E-state index contributed by atoms with van der Waals surface area (Å²) in [6, 6.07) is 16.8. The number of benzene rings is 2. The lowest BCUT2D eigenvalue weighted by Gasteiger charge is -2.45. The second kappa shape index (κ2) is 12.1. The predicted octanol–water partition coefficient (Wildman–Crippen LogP) is 3.41.